The van der Waals surface area contributed by atoms with E-state index >= 15 is 0 Å². The molecule has 2 heterocycles. The summed E-state index contributed by atoms with van der Waals surface area (Å²) in [6, 6.07) is 13.0. The molecule has 1 unspecified atom stereocenters. The number of likely N-dealkylation sites (N-methyl/N-ethyl adjacent to an activating group) is 1. The number of carbonyl (C=O) groups excluding carboxylic acids is 2. The van der Waals surface area contributed by atoms with Crippen LogP contribution in [0, 0.1) is 0 Å². The quantitative estimate of drug-likeness (QED) is 0.652. The second-order valence-electron chi connectivity index (χ2n) is 7.20. The molecule has 7 heteroatoms. The van der Waals surface area contributed by atoms with E-state index in [9.17, 15) is 9.59 Å². The zero-order valence-corrected chi connectivity index (χ0v) is 17.7. The van der Waals surface area contributed by atoms with Crippen molar-refractivity contribution in [3.05, 3.63) is 54.2 Å². The Balaban J connectivity index is 1.59. The molecule has 1 aliphatic rings. The van der Waals surface area contributed by atoms with Crippen LogP contribution in [-0.4, -0.2) is 54.4 Å². The maximum atomic E-state index is 13.1. The Hall–Kier alpha value is -2.93. The molecule has 1 N–H and O–H groups in total. The molecule has 3 rings (SSSR count). The molecule has 0 saturated heterocycles. The SMILES string of the molecule is CCN(CC)CCNC(=O)CCCN1C(=O)C(c2ccccc2)Oc2cccnc21. The molecule has 0 saturated carbocycles. The summed E-state index contributed by atoms with van der Waals surface area (Å²) >= 11 is 0. The Morgan fingerprint density at radius 2 is 1.93 bits per heavy atom. The van der Waals surface area contributed by atoms with Gasteiger partial charge in [-0.25, -0.2) is 4.98 Å². The van der Waals surface area contributed by atoms with Crippen molar-refractivity contribution in [1.29, 1.82) is 0 Å². The second kappa shape index (κ2) is 10.7. The molecule has 30 heavy (non-hydrogen) atoms. The fourth-order valence-electron chi connectivity index (χ4n) is 3.53. The molecule has 0 bridgehead atoms. The van der Waals surface area contributed by atoms with E-state index in [4.69, 9.17) is 4.74 Å². The van der Waals surface area contributed by atoms with Gasteiger partial charge < -0.3 is 15.0 Å². The standard InChI is InChI=1S/C23H30N4O3/c1-3-26(4-2)17-15-24-20(28)13-9-16-27-22-19(12-8-14-25-22)30-21(23(27)29)18-10-6-5-7-11-18/h5-8,10-12,14,21H,3-4,9,13,15-17H2,1-2H3,(H,24,28). The Bertz CT molecular complexity index is 839. The number of fused-ring (bicyclic) bond motifs is 1. The van der Waals surface area contributed by atoms with Gasteiger partial charge >= 0.3 is 0 Å². The van der Waals surface area contributed by atoms with Gasteiger partial charge in [-0.15, -0.1) is 0 Å². The molecule has 1 aromatic heterocycles. The number of rotatable bonds is 10. The smallest absolute Gasteiger partial charge is 0.274 e. The fraction of sp³-hybridized carbons (Fsp3) is 0.435. The lowest BCUT2D eigenvalue weighted by atomic mass is 10.1. The van der Waals surface area contributed by atoms with E-state index in [0.29, 0.717) is 37.5 Å². The minimum Gasteiger partial charge on any atom is -0.472 e. The first kappa shape index (κ1) is 21.8. The van der Waals surface area contributed by atoms with Gasteiger partial charge in [0.1, 0.15) is 0 Å². The number of ether oxygens (including phenoxy) is 1. The summed E-state index contributed by atoms with van der Waals surface area (Å²) in [5, 5.41) is 2.96. The molecule has 0 aliphatic carbocycles. The van der Waals surface area contributed by atoms with E-state index in [1.807, 2.05) is 36.4 Å². The van der Waals surface area contributed by atoms with Crippen molar-refractivity contribution >= 4 is 17.6 Å². The van der Waals surface area contributed by atoms with Gasteiger partial charge in [0, 0.05) is 37.8 Å². The van der Waals surface area contributed by atoms with E-state index in [0.717, 1.165) is 25.2 Å². The van der Waals surface area contributed by atoms with Crippen molar-refractivity contribution in [2.24, 2.45) is 0 Å². The number of benzene rings is 1. The number of carbonyl (C=O) groups is 2. The normalized spacial score (nSPS) is 15.6. The summed E-state index contributed by atoms with van der Waals surface area (Å²) in [6.07, 6.45) is 1.86. The van der Waals surface area contributed by atoms with Gasteiger partial charge in [-0.2, -0.15) is 0 Å². The lowest BCUT2D eigenvalue weighted by Gasteiger charge is -2.33. The van der Waals surface area contributed by atoms with Crippen LogP contribution in [0.4, 0.5) is 5.82 Å². The van der Waals surface area contributed by atoms with Crippen molar-refractivity contribution in [1.82, 2.24) is 15.2 Å². The van der Waals surface area contributed by atoms with Crippen LogP contribution >= 0.6 is 0 Å². The van der Waals surface area contributed by atoms with E-state index in [-0.39, 0.29) is 11.8 Å². The minimum atomic E-state index is -0.703. The van der Waals surface area contributed by atoms with Gasteiger partial charge in [0.05, 0.1) is 0 Å². The van der Waals surface area contributed by atoms with Gasteiger partial charge in [0.15, 0.2) is 11.6 Å². The molecule has 0 radical (unpaired) electrons. The molecule has 1 aromatic carbocycles. The van der Waals surface area contributed by atoms with Crippen LogP contribution in [0.5, 0.6) is 5.75 Å². The average Bonchev–Trinajstić information content (AvgIpc) is 2.78. The number of hydrogen-bond donors (Lipinski definition) is 1. The van der Waals surface area contributed by atoms with Crippen LogP contribution < -0.4 is 15.0 Å². The average molecular weight is 411 g/mol. The van der Waals surface area contributed by atoms with Gasteiger partial charge in [-0.05, 0) is 31.6 Å². The largest absolute Gasteiger partial charge is 0.472 e. The minimum absolute atomic E-state index is 0.00344. The third-order valence-corrected chi connectivity index (χ3v) is 5.27. The Morgan fingerprint density at radius 3 is 2.67 bits per heavy atom. The van der Waals surface area contributed by atoms with Crippen molar-refractivity contribution in [3.8, 4) is 5.75 Å². The van der Waals surface area contributed by atoms with Gasteiger partial charge in [0.25, 0.3) is 5.91 Å². The number of amides is 2. The predicted molar refractivity (Wildman–Crippen MR) is 116 cm³/mol. The van der Waals surface area contributed by atoms with Crippen molar-refractivity contribution < 1.29 is 14.3 Å². The Kier molecular flexibility index (Phi) is 7.79. The highest BCUT2D eigenvalue weighted by molar-refractivity contribution is 5.99. The van der Waals surface area contributed by atoms with Crippen molar-refractivity contribution in [2.75, 3.05) is 37.6 Å². The molecular weight excluding hydrogens is 380 g/mol. The highest BCUT2D eigenvalue weighted by Crippen LogP contribution is 2.37. The van der Waals surface area contributed by atoms with Crippen LogP contribution in [0.3, 0.4) is 0 Å². The zero-order valence-electron chi connectivity index (χ0n) is 17.7. The summed E-state index contributed by atoms with van der Waals surface area (Å²) in [5.74, 6) is 0.935. The topological polar surface area (TPSA) is 74.8 Å². The molecule has 0 spiro atoms. The van der Waals surface area contributed by atoms with Crippen molar-refractivity contribution in [3.63, 3.8) is 0 Å². The van der Waals surface area contributed by atoms with Gasteiger partial charge in [-0.1, -0.05) is 44.2 Å². The predicted octanol–water partition coefficient (Wildman–Crippen LogP) is 2.79. The molecule has 2 aromatic rings. The van der Waals surface area contributed by atoms with Gasteiger partial charge in [0.2, 0.25) is 12.0 Å². The number of nitrogens with zero attached hydrogens (tertiary/aromatic N) is 3. The summed E-state index contributed by atoms with van der Waals surface area (Å²) in [5.41, 5.74) is 0.802. The molecule has 7 nitrogen and oxygen atoms in total. The molecule has 2 amide bonds. The van der Waals surface area contributed by atoms with E-state index in [1.54, 1.807) is 17.2 Å². The first-order chi connectivity index (χ1) is 14.6. The third-order valence-electron chi connectivity index (χ3n) is 5.27. The number of anilines is 1. The number of aromatic nitrogens is 1. The molecule has 0 fully saturated rings. The first-order valence-electron chi connectivity index (χ1n) is 10.6. The Morgan fingerprint density at radius 1 is 1.17 bits per heavy atom. The van der Waals surface area contributed by atoms with Crippen LogP contribution in [0.1, 0.15) is 38.4 Å². The number of pyridine rings is 1. The summed E-state index contributed by atoms with van der Waals surface area (Å²) in [7, 11) is 0. The number of hydrogen-bond acceptors (Lipinski definition) is 5. The first-order valence-corrected chi connectivity index (χ1v) is 10.6. The third kappa shape index (κ3) is 5.36. The van der Waals surface area contributed by atoms with Crippen molar-refractivity contribution in [2.45, 2.75) is 32.8 Å². The fourth-order valence-corrected chi connectivity index (χ4v) is 3.53. The van der Waals surface area contributed by atoms with Crippen LogP contribution in [0.25, 0.3) is 0 Å². The number of nitrogens with one attached hydrogen (secondary N) is 1. The lowest BCUT2D eigenvalue weighted by Crippen LogP contribution is -2.42. The van der Waals surface area contributed by atoms with Gasteiger partial charge in [-0.3, -0.25) is 14.5 Å². The summed E-state index contributed by atoms with van der Waals surface area (Å²) < 4.78 is 5.95. The molecular formula is C23H30N4O3. The summed E-state index contributed by atoms with van der Waals surface area (Å²) in [4.78, 5) is 33.6. The molecule has 1 aliphatic heterocycles. The van der Waals surface area contributed by atoms with Crippen LogP contribution in [0.2, 0.25) is 0 Å². The maximum Gasteiger partial charge on any atom is 0.274 e. The Labute approximate surface area is 178 Å². The lowest BCUT2D eigenvalue weighted by molar-refractivity contribution is -0.127. The van der Waals surface area contributed by atoms with Crippen LogP contribution in [-0.2, 0) is 9.59 Å². The molecule has 160 valence electrons. The van der Waals surface area contributed by atoms with E-state index < -0.39 is 6.10 Å². The van der Waals surface area contributed by atoms with E-state index in [1.165, 1.54) is 0 Å². The summed E-state index contributed by atoms with van der Waals surface area (Å²) in [6.45, 7) is 8.06. The zero-order chi connectivity index (χ0) is 21.3. The van der Waals surface area contributed by atoms with E-state index in [2.05, 4.69) is 29.0 Å². The maximum absolute atomic E-state index is 13.1. The highest BCUT2D eigenvalue weighted by atomic mass is 16.5. The second-order valence-corrected chi connectivity index (χ2v) is 7.20. The molecule has 1 atom stereocenters. The highest BCUT2D eigenvalue weighted by Gasteiger charge is 2.36. The monoisotopic (exact) mass is 410 g/mol. The van der Waals surface area contributed by atoms with Crippen LogP contribution in [0.15, 0.2) is 48.7 Å².